The number of imidazole rings is 1. The molecule has 1 fully saturated rings. The van der Waals surface area contributed by atoms with Crippen molar-refractivity contribution in [2.75, 3.05) is 23.3 Å². The van der Waals surface area contributed by atoms with Crippen LogP contribution in [-0.4, -0.2) is 40.6 Å². The van der Waals surface area contributed by atoms with Crippen LogP contribution in [0.3, 0.4) is 0 Å². The molecule has 7 heteroatoms. The molecular weight excluding hydrogens is 440 g/mol. The van der Waals surface area contributed by atoms with Crippen LogP contribution in [0.5, 0.6) is 5.75 Å². The minimum atomic E-state index is -0.159. The monoisotopic (exact) mass is 470 g/mol. The molecule has 1 aliphatic heterocycles. The Morgan fingerprint density at radius 2 is 1.71 bits per heavy atom. The summed E-state index contributed by atoms with van der Waals surface area (Å²) in [6.07, 6.45) is 4.41. The van der Waals surface area contributed by atoms with Gasteiger partial charge in [0.15, 0.2) is 0 Å². The number of hydrogen-bond acceptors (Lipinski definition) is 5. The van der Waals surface area contributed by atoms with Crippen LogP contribution in [0.1, 0.15) is 35.5 Å². The molecule has 2 atom stereocenters. The number of aryl methyl sites for hydroxylation is 1. The zero-order valence-electron chi connectivity index (χ0n) is 20.3. The highest BCUT2D eigenvalue weighted by atomic mass is 16.5. The molecule has 4 aromatic rings. The number of aromatic nitrogens is 2. The Morgan fingerprint density at radius 1 is 1.00 bits per heavy atom. The summed E-state index contributed by atoms with van der Waals surface area (Å²) in [7, 11) is 0. The Morgan fingerprint density at radius 3 is 2.43 bits per heavy atom. The Balaban J connectivity index is 1.16. The fraction of sp³-hybridized carbons (Fsp3) is 0.286. The number of rotatable bonds is 6. The lowest BCUT2D eigenvalue weighted by Gasteiger charge is -2.36. The van der Waals surface area contributed by atoms with Crippen LogP contribution < -0.4 is 15.0 Å². The van der Waals surface area contributed by atoms with E-state index in [2.05, 4.69) is 36.0 Å². The van der Waals surface area contributed by atoms with E-state index in [9.17, 15) is 4.79 Å². The van der Waals surface area contributed by atoms with Gasteiger partial charge in [0.2, 0.25) is 0 Å². The molecule has 7 nitrogen and oxygen atoms in total. The average molecular weight is 471 g/mol. The molecule has 1 aliphatic rings. The van der Waals surface area contributed by atoms with Gasteiger partial charge in [0, 0.05) is 42.4 Å². The third kappa shape index (κ3) is 5.46. The third-order valence-electron chi connectivity index (χ3n) is 6.06. The van der Waals surface area contributed by atoms with Crippen molar-refractivity contribution in [3.05, 3.63) is 89.9 Å². The van der Waals surface area contributed by atoms with Crippen LogP contribution in [0, 0.1) is 6.92 Å². The lowest BCUT2D eigenvalue weighted by Crippen LogP contribution is -2.45. The van der Waals surface area contributed by atoms with E-state index in [4.69, 9.17) is 9.47 Å². The van der Waals surface area contributed by atoms with Crippen LogP contribution in [-0.2, 0) is 11.3 Å². The highest BCUT2D eigenvalue weighted by Gasteiger charge is 2.22. The van der Waals surface area contributed by atoms with Crippen molar-refractivity contribution in [3.8, 4) is 5.75 Å². The Hall–Kier alpha value is -3.84. The maximum Gasteiger partial charge on any atom is 0.255 e. The van der Waals surface area contributed by atoms with E-state index in [1.54, 1.807) is 24.3 Å². The minimum Gasteiger partial charge on any atom is -0.487 e. The van der Waals surface area contributed by atoms with E-state index >= 15 is 0 Å². The highest BCUT2D eigenvalue weighted by molar-refractivity contribution is 6.04. The second-order valence-electron chi connectivity index (χ2n) is 9.18. The summed E-state index contributed by atoms with van der Waals surface area (Å²) in [5, 5.41) is 2.97. The van der Waals surface area contributed by atoms with Crippen molar-refractivity contribution in [3.63, 3.8) is 0 Å². The molecule has 5 rings (SSSR count). The van der Waals surface area contributed by atoms with Crippen LogP contribution in [0.2, 0.25) is 0 Å². The Labute approximate surface area is 205 Å². The first-order valence-electron chi connectivity index (χ1n) is 11.9. The normalized spacial score (nSPS) is 18.0. The smallest absolute Gasteiger partial charge is 0.255 e. The maximum absolute atomic E-state index is 12.7. The largest absolute Gasteiger partial charge is 0.487 e. The first-order valence-corrected chi connectivity index (χ1v) is 11.9. The predicted octanol–water partition coefficient (Wildman–Crippen LogP) is 5.09. The van der Waals surface area contributed by atoms with Gasteiger partial charge in [-0.2, -0.15) is 0 Å². The summed E-state index contributed by atoms with van der Waals surface area (Å²) < 4.78 is 13.7. The summed E-state index contributed by atoms with van der Waals surface area (Å²) in [5.41, 5.74) is 5.38. The molecule has 1 saturated heterocycles. The molecule has 180 valence electrons. The third-order valence-corrected chi connectivity index (χ3v) is 6.06. The van der Waals surface area contributed by atoms with Gasteiger partial charge in [0.1, 0.15) is 18.0 Å². The molecule has 2 aromatic carbocycles. The van der Waals surface area contributed by atoms with E-state index in [1.165, 1.54) is 5.56 Å². The molecule has 0 spiro atoms. The lowest BCUT2D eigenvalue weighted by atomic mass is 10.1. The van der Waals surface area contributed by atoms with Crippen molar-refractivity contribution in [2.45, 2.75) is 39.6 Å². The standard InChI is InChI=1S/C28H30N4O3/c1-19-4-13-27-29-24(17-32(27)14-19)18-34-26-11-5-22(6-12-26)28(33)30-23-7-9-25(10-8-23)31-15-20(2)35-21(3)16-31/h4-14,17,20-21H,15-16,18H2,1-3H3,(H,30,33). The Kier molecular flexibility index (Phi) is 6.42. The number of carbonyl (C=O) groups excluding carboxylic acids is 1. The van der Waals surface area contributed by atoms with Crippen molar-refractivity contribution in [1.29, 1.82) is 0 Å². The molecular formula is C28H30N4O3. The summed E-state index contributed by atoms with van der Waals surface area (Å²) in [5.74, 6) is 0.529. The van der Waals surface area contributed by atoms with E-state index in [0.29, 0.717) is 17.9 Å². The quantitative estimate of drug-likeness (QED) is 0.425. The van der Waals surface area contributed by atoms with Gasteiger partial charge in [-0.3, -0.25) is 4.79 Å². The number of nitrogens with one attached hydrogen (secondary N) is 1. The van der Waals surface area contributed by atoms with Gasteiger partial charge in [-0.1, -0.05) is 6.07 Å². The summed E-state index contributed by atoms with van der Waals surface area (Å²) in [4.78, 5) is 19.6. The van der Waals surface area contributed by atoms with Crippen LogP contribution in [0.15, 0.2) is 73.1 Å². The number of benzene rings is 2. The van der Waals surface area contributed by atoms with Gasteiger partial charge < -0.3 is 24.1 Å². The van der Waals surface area contributed by atoms with E-state index in [0.717, 1.165) is 35.8 Å². The zero-order valence-corrected chi connectivity index (χ0v) is 20.3. The molecule has 1 N–H and O–H groups in total. The van der Waals surface area contributed by atoms with Crippen molar-refractivity contribution >= 4 is 22.9 Å². The number of pyridine rings is 1. The molecule has 3 heterocycles. The predicted molar refractivity (Wildman–Crippen MR) is 137 cm³/mol. The van der Waals surface area contributed by atoms with Gasteiger partial charge in [0.25, 0.3) is 5.91 Å². The second-order valence-corrected chi connectivity index (χ2v) is 9.18. The van der Waals surface area contributed by atoms with Crippen molar-refractivity contribution in [1.82, 2.24) is 9.38 Å². The van der Waals surface area contributed by atoms with Gasteiger partial charge in [-0.15, -0.1) is 0 Å². The summed E-state index contributed by atoms with van der Waals surface area (Å²) in [6.45, 7) is 8.32. The topological polar surface area (TPSA) is 68.1 Å². The Bertz CT molecular complexity index is 1300. The minimum absolute atomic E-state index is 0.159. The van der Waals surface area contributed by atoms with Crippen LogP contribution in [0.25, 0.3) is 5.65 Å². The number of ether oxygens (including phenoxy) is 2. The van der Waals surface area contributed by atoms with E-state index < -0.39 is 0 Å². The number of fused-ring (bicyclic) bond motifs is 1. The molecule has 2 unspecified atom stereocenters. The second kappa shape index (κ2) is 9.80. The maximum atomic E-state index is 12.7. The first-order chi connectivity index (χ1) is 16.9. The first kappa shape index (κ1) is 22.9. The van der Waals surface area contributed by atoms with Gasteiger partial charge in [-0.25, -0.2) is 4.98 Å². The van der Waals surface area contributed by atoms with E-state index in [-0.39, 0.29) is 18.1 Å². The molecule has 0 saturated carbocycles. The molecule has 35 heavy (non-hydrogen) atoms. The molecule has 2 aromatic heterocycles. The SMILES string of the molecule is Cc1ccc2nc(COc3ccc(C(=O)Nc4ccc(N5CC(C)OC(C)C5)cc4)cc3)cn2c1. The molecule has 0 aliphatic carbocycles. The number of hydrogen-bond donors (Lipinski definition) is 1. The summed E-state index contributed by atoms with van der Waals surface area (Å²) >= 11 is 0. The fourth-order valence-electron chi connectivity index (χ4n) is 4.43. The number of anilines is 2. The molecule has 0 bridgehead atoms. The lowest BCUT2D eigenvalue weighted by molar-refractivity contribution is -0.00521. The number of nitrogens with zero attached hydrogens (tertiary/aromatic N) is 3. The van der Waals surface area contributed by atoms with Crippen molar-refractivity contribution in [2.24, 2.45) is 0 Å². The highest BCUT2D eigenvalue weighted by Crippen LogP contribution is 2.23. The fourth-order valence-corrected chi connectivity index (χ4v) is 4.43. The van der Waals surface area contributed by atoms with Crippen molar-refractivity contribution < 1.29 is 14.3 Å². The van der Waals surface area contributed by atoms with Gasteiger partial charge in [-0.05, 0) is 80.9 Å². The van der Waals surface area contributed by atoms with E-state index in [1.807, 2.05) is 53.2 Å². The average Bonchev–Trinajstić information content (AvgIpc) is 3.25. The zero-order chi connectivity index (χ0) is 24.4. The number of morpholine rings is 1. The van der Waals surface area contributed by atoms with Gasteiger partial charge in [0.05, 0.1) is 17.9 Å². The van der Waals surface area contributed by atoms with Crippen LogP contribution in [0.4, 0.5) is 11.4 Å². The summed E-state index contributed by atoms with van der Waals surface area (Å²) in [6, 6.07) is 19.1. The molecule has 1 amide bonds. The number of carbonyl (C=O) groups is 1. The number of amides is 1. The molecule has 0 radical (unpaired) electrons. The van der Waals surface area contributed by atoms with Gasteiger partial charge >= 0.3 is 0 Å². The van der Waals surface area contributed by atoms with Crippen LogP contribution >= 0.6 is 0 Å².